The maximum absolute atomic E-state index is 12.7. The summed E-state index contributed by atoms with van der Waals surface area (Å²) in [7, 11) is 0. The lowest BCUT2D eigenvalue weighted by Gasteiger charge is -2.32. The average Bonchev–Trinajstić information content (AvgIpc) is 2.68. The van der Waals surface area contributed by atoms with Gasteiger partial charge in [-0.25, -0.2) is 9.97 Å². The Hall–Kier alpha value is -2.96. The van der Waals surface area contributed by atoms with E-state index in [1.165, 1.54) is 5.56 Å². The van der Waals surface area contributed by atoms with Crippen molar-refractivity contribution >= 4 is 18.1 Å². The van der Waals surface area contributed by atoms with Gasteiger partial charge >= 0.3 is 0 Å². The summed E-state index contributed by atoms with van der Waals surface area (Å²) in [6.07, 6.45) is 1.70. The fourth-order valence-corrected chi connectivity index (χ4v) is 2.94. The van der Waals surface area contributed by atoms with Gasteiger partial charge in [-0.3, -0.25) is 9.59 Å². The van der Waals surface area contributed by atoms with Crippen molar-refractivity contribution in [3.05, 3.63) is 53.5 Å². The van der Waals surface area contributed by atoms with Gasteiger partial charge in [0, 0.05) is 38.8 Å². The first-order valence-corrected chi connectivity index (χ1v) is 8.78. The number of amides is 2. The zero-order valence-corrected chi connectivity index (χ0v) is 14.9. The summed E-state index contributed by atoms with van der Waals surface area (Å²) in [6, 6.07) is 11.9. The van der Waals surface area contributed by atoms with E-state index < -0.39 is 0 Å². The lowest BCUT2D eigenvalue weighted by Crippen LogP contribution is -2.48. The van der Waals surface area contributed by atoms with Gasteiger partial charge in [0.25, 0.3) is 5.91 Å². The molecule has 1 aromatic carbocycles. The number of benzene rings is 1. The van der Waals surface area contributed by atoms with Gasteiger partial charge in [0.15, 0.2) is 0 Å². The molecule has 1 saturated heterocycles. The van der Waals surface area contributed by atoms with E-state index in [0.29, 0.717) is 43.5 Å². The Labute approximate surface area is 153 Å². The summed E-state index contributed by atoms with van der Waals surface area (Å²) in [5.74, 6) is 1.10. The highest BCUT2D eigenvalue weighted by Gasteiger charge is 2.23. The van der Waals surface area contributed by atoms with Gasteiger partial charge in [-0.2, -0.15) is 0 Å². The van der Waals surface area contributed by atoms with E-state index in [1.807, 2.05) is 18.2 Å². The van der Waals surface area contributed by atoms with Crippen molar-refractivity contribution in [2.24, 2.45) is 0 Å². The Morgan fingerprint density at radius 3 is 2.58 bits per heavy atom. The van der Waals surface area contributed by atoms with Gasteiger partial charge in [-0.05, 0) is 18.9 Å². The molecular weight excluding hydrogens is 330 g/mol. The van der Waals surface area contributed by atoms with Gasteiger partial charge in [0.2, 0.25) is 6.41 Å². The molecule has 1 aliphatic heterocycles. The van der Waals surface area contributed by atoms with E-state index in [1.54, 1.807) is 22.8 Å². The SMILES string of the molecule is Cc1nc(NCCc2ccccc2)cc(C(=O)N2CCN(C=O)CC2)n1. The van der Waals surface area contributed by atoms with Gasteiger partial charge in [-0.1, -0.05) is 30.3 Å². The van der Waals surface area contributed by atoms with E-state index >= 15 is 0 Å². The first-order valence-electron chi connectivity index (χ1n) is 8.78. The molecule has 26 heavy (non-hydrogen) atoms. The Bertz CT molecular complexity index is 758. The summed E-state index contributed by atoms with van der Waals surface area (Å²) in [6.45, 7) is 4.67. The van der Waals surface area contributed by atoms with Gasteiger partial charge < -0.3 is 15.1 Å². The van der Waals surface area contributed by atoms with Crippen LogP contribution in [0.25, 0.3) is 0 Å². The monoisotopic (exact) mass is 353 g/mol. The molecule has 0 radical (unpaired) electrons. The second-order valence-corrected chi connectivity index (χ2v) is 6.28. The zero-order chi connectivity index (χ0) is 18.4. The molecule has 0 atom stereocenters. The summed E-state index contributed by atoms with van der Waals surface area (Å²) in [5, 5.41) is 3.27. The highest BCUT2D eigenvalue weighted by Crippen LogP contribution is 2.11. The molecule has 2 amide bonds. The molecule has 1 N–H and O–H groups in total. The highest BCUT2D eigenvalue weighted by molar-refractivity contribution is 5.93. The quantitative estimate of drug-likeness (QED) is 0.793. The van der Waals surface area contributed by atoms with Gasteiger partial charge in [0.1, 0.15) is 17.3 Å². The first kappa shape index (κ1) is 17.8. The largest absolute Gasteiger partial charge is 0.370 e. The molecule has 2 aromatic rings. The highest BCUT2D eigenvalue weighted by atomic mass is 16.2. The third-order valence-corrected chi connectivity index (χ3v) is 4.37. The van der Waals surface area contributed by atoms with Crippen molar-refractivity contribution in [1.29, 1.82) is 0 Å². The van der Waals surface area contributed by atoms with E-state index in [-0.39, 0.29) is 5.91 Å². The molecule has 1 fully saturated rings. The van der Waals surface area contributed by atoms with Crippen LogP contribution in [0, 0.1) is 6.92 Å². The Kier molecular flexibility index (Phi) is 5.78. The molecule has 0 bridgehead atoms. The van der Waals surface area contributed by atoms with Crippen LogP contribution >= 0.6 is 0 Å². The number of rotatable bonds is 6. The Morgan fingerprint density at radius 2 is 1.88 bits per heavy atom. The summed E-state index contributed by atoms with van der Waals surface area (Å²) in [5.41, 5.74) is 1.63. The molecule has 1 aliphatic rings. The number of carbonyl (C=O) groups is 2. The number of piperazine rings is 1. The molecule has 7 heteroatoms. The smallest absolute Gasteiger partial charge is 0.272 e. The second-order valence-electron chi connectivity index (χ2n) is 6.28. The van der Waals surface area contributed by atoms with Gasteiger partial charge in [-0.15, -0.1) is 0 Å². The minimum atomic E-state index is -0.118. The molecule has 2 heterocycles. The van der Waals surface area contributed by atoms with E-state index in [0.717, 1.165) is 19.4 Å². The topological polar surface area (TPSA) is 78.4 Å². The number of nitrogens with zero attached hydrogens (tertiary/aromatic N) is 4. The van der Waals surface area contributed by atoms with E-state index in [4.69, 9.17) is 0 Å². The van der Waals surface area contributed by atoms with Crippen LogP contribution in [-0.4, -0.2) is 64.8 Å². The van der Waals surface area contributed by atoms with Crippen LogP contribution in [0.1, 0.15) is 21.9 Å². The van der Waals surface area contributed by atoms with E-state index in [9.17, 15) is 9.59 Å². The summed E-state index contributed by atoms with van der Waals surface area (Å²) >= 11 is 0. The summed E-state index contributed by atoms with van der Waals surface area (Å²) in [4.78, 5) is 35.6. The number of hydrogen-bond donors (Lipinski definition) is 1. The molecule has 0 spiro atoms. The number of aryl methyl sites for hydroxylation is 1. The van der Waals surface area contributed by atoms with Crippen LogP contribution in [-0.2, 0) is 11.2 Å². The Morgan fingerprint density at radius 1 is 1.15 bits per heavy atom. The molecule has 0 aliphatic carbocycles. The fraction of sp³-hybridized carbons (Fsp3) is 0.368. The lowest BCUT2D eigenvalue weighted by atomic mass is 10.1. The zero-order valence-electron chi connectivity index (χ0n) is 14.9. The maximum atomic E-state index is 12.7. The molecule has 7 nitrogen and oxygen atoms in total. The summed E-state index contributed by atoms with van der Waals surface area (Å²) < 4.78 is 0. The van der Waals surface area contributed by atoms with Crippen LogP contribution in [0.3, 0.4) is 0 Å². The number of anilines is 1. The normalized spacial score (nSPS) is 14.2. The maximum Gasteiger partial charge on any atom is 0.272 e. The number of nitrogens with one attached hydrogen (secondary N) is 1. The van der Waals surface area contributed by atoms with Crippen LogP contribution in [0.5, 0.6) is 0 Å². The fourth-order valence-electron chi connectivity index (χ4n) is 2.94. The first-order chi connectivity index (χ1) is 12.7. The van der Waals surface area contributed by atoms with Crippen molar-refractivity contribution in [3.8, 4) is 0 Å². The average molecular weight is 353 g/mol. The van der Waals surface area contributed by atoms with Crippen LogP contribution in [0.15, 0.2) is 36.4 Å². The van der Waals surface area contributed by atoms with Crippen molar-refractivity contribution in [1.82, 2.24) is 19.8 Å². The van der Waals surface area contributed by atoms with Crippen LogP contribution in [0.4, 0.5) is 5.82 Å². The predicted octanol–water partition coefficient (Wildman–Crippen LogP) is 1.35. The molecule has 0 saturated carbocycles. The molecular formula is C19H23N5O2. The van der Waals surface area contributed by atoms with Crippen molar-refractivity contribution in [2.45, 2.75) is 13.3 Å². The lowest BCUT2D eigenvalue weighted by molar-refractivity contribution is -0.119. The molecule has 136 valence electrons. The second kappa shape index (κ2) is 8.42. The number of carbonyl (C=O) groups excluding carboxylic acids is 2. The predicted molar refractivity (Wildman–Crippen MR) is 98.9 cm³/mol. The van der Waals surface area contributed by atoms with Crippen molar-refractivity contribution in [3.63, 3.8) is 0 Å². The minimum Gasteiger partial charge on any atom is -0.370 e. The van der Waals surface area contributed by atoms with Crippen molar-refractivity contribution in [2.75, 3.05) is 38.0 Å². The van der Waals surface area contributed by atoms with Crippen LogP contribution in [0.2, 0.25) is 0 Å². The number of hydrogen-bond acceptors (Lipinski definition) is 5. The third kappa shape index (κ3) is 4.56. The van der Waals surface area contributed by atoms with E-state index in [2.05, 4.69) is 27.4 Å². The molecule has 1 aromatic heterocycles. The van der Waals surface area contributed by atoms with Crippen LogP contribution < -0.4 is 5.32 Å². The Balaban J connectivity index is 1.61. The minimum absolute atomic E-state index is 0.118. The molecule has 3 rings (SSSR count). The molecule has 0 unspecified atom stereocenters. The number of aromatic nitrogens is 2. The van der Waals surface area contributed by atoms with Gasteiger partial charge in [0.05, 0.1) is 0 Å². The van der Waals surface area contributed by atoms with Crippen molar-refractivity contribution < 1.29 is 9.59 Å². The third-order valence-electron chi connectivity index (χ3n) is 4.37. The standard InChI is InChI=1S/C19H23N5O2/c1-15-21-17(19(26)24-11-9-23(14-25)10-12-24)13-18(22-15)20-8-7-16-5-3-2-4-6-16/h2-6,13-14H,7-12H2,1H3,(H,20,21,22).